The molecule has 1 aromatic carbocycles. The van der Waals surface area contributed by atoms with Crippen LogP contribution in [0.4, 0.5) is 5.13 Å². The number of aromatic nitrogens is 2. The van der Waals surface area contributed by atoms with E-state index in [1.54, 1.807) is 0 Å². The van der Waals surface area contributed by atoms with Crippen LogP contribution in [-0.2, 0) is 4.74 Å². The van der Waals surface area contributed by atoms with Gasteiger partial charge in [-0.25, -0.2) is 0 Å². The fraction of sp³-hybridized carbons (Fsp3) is 0.235. The zero-order valence-corrected chi connectivity index (χ0v) is 14.4. The SMILES string of the molecule is O=C(Nc1nnc(C2CCCO2)s1)c1ccc(-c2ccccc2)s1. The highest BCUT2D eigenvalue weighted by Gasteiger charge is 2.22. The summed E-state index contributed by atoms with van der Waals surface area (Å²) in [5, 5.41) is 12.4. The summed E-state index contributed by atoms with van der Waals surface area (Å²) >= 11 is 2.85. The smallest absolute Gasteiger partial charge is 0.267 e. The average Bonchev–Trinajstić information content (AvgIpc) is 3.36. The van der Waals surface area contributed by atoms with Crippen LogP contribution >= 0.6 is 22.7 Å². The van der Waals surface area contributed by atoms with E-state index in [4.69, 9.17) is 4.74 Å². The van der Waals surface area contributed by atoms with Gasteiger partial charge in [-0.2, -0.15) is 0 Å². The van der Waals surface area contributed by atoms with Gasteiger partial charge < -0.3 is 4.74 Å². The molecule has 122 valence electrons. The molecule has 0 saturated carbocycles. The summed E-state index contributed by atoms with van der Waals surface area (Å²) in [4.78, 5) is 14.1. The van der Waals surface area contributed by atoms with Crippen molar-refractivity contribution in [3.8, 4) is 10.4 Å². The van der Waals surface area contributed by atoms with Gasteiger partial charge in [-0.1, -0.05) is 41.7 Å². The maximum Gasteiger partial charge on any atom is 0.267 e. The number of anilines is 1. The van der Waals surface area contributed by atoms with Gasteiger partial charge in [0.2, 0.25) is 5.13 Å². The molecule has 4 rings (SSSR count). The predicted octanol–water partition coefficient (Wildman–Crippen LogP) is 4.37. The van der Waals surface area contributed by atoms with Crippen LogP contribution in [0.3, 0.4) is 0 Å². The fourth-order valence-corrected chi connectivity index (χ4v) is 4.29. The highest BCUT2D eigenvalue weighted by atomic mass is 32.1. The number of thiophene rings is 1. The number of benzene rings is 1. The first-order valence-corrected chi connectivity index (χ1v) is 9.34. The lowest BCUT2D eigenvalue weighted by atomic mass is 10.2. The Balaban J connectivity index is 1.46. The molecule has 1 unspecified atom stereocenters. The van der Waals surface area contributed by atoms with Crippen LogP contribution in [0.25, 0.3) is 10.4 Å². The molecule has 0 radical (unpaired) electrons. The van der Waals surface area contributed by atoms with Gasteiger partial charge in [-0.05, 0) is 30.5 Å². The standard InChI is InChI=1S/C17H15N3O2S2/c21-15(14-9-8-13(23-14)11-5-2-1-3-6-11)18-17-20-19-16(24-17)12-7-4-10-22-12/h1-3,5-6,8-9,12H,4,7,10H2,(H,18,20,21). The molecule has 3 heterocycles. The third-order valence-electron chi connectivity index (χ3n) is 3.75. The van der Waals surface area contributed by atoms with Crippen LogP contribution in [-0.4, -0.2) is 22.7 Å². The first kappa shape index (κ1) is 15.4. The Kier molecular flexibility index (Phi) is 4.38. The molecule has 1 N–H and O–H groups in total. The van der Waals surface area contributed by atoms with Crippen molar-refractivity contribution in [3.05, 3.63) is 52.3 Å². The van der Waals surface area contributed by atoms with Crippen molar-refractivity contribution >= 4 is 33.7 Å². The molecule has 5 nitrogen and oxygen atoms in total. The Hall–Kier alpha value is -2.09. The number of ether oxygens (including phenoxy) is 1. The van der Waals surface area contributed by atoms with E-state index in [2.05, 4.69) is 15.5 Å². The van der Waals surface area contributed by atoms with Gasteiger partial charge in [0.1, 0.15) is 11.1 Å². The Morgan fingerprint density at radius 2 is 2.00 bits per heavy atom. The topological polar surface area (TPSA) is 64.1 Å². The second kappa shape index (κ2) is 6.80. The number of carbonyl (C=O) groups is 1. The molecular formula is C17H15N3O2S2. The summed E-state index contributed by atoms with van der Waals surface area (Å²) in [6.07, 6.45) is 2.04. The second-order valence-electron chi connectivity index (χ2n) is 5.43. The molecule has 1 saturated heterocycles. The van der Waals surface area contributed by atoms with Gasteiger partial charge >= 0.3 is 0 Å². The Morgan fingerprint density at radius 3 is 2.79 bits per heavy atom. The molecule has 0 bridgehead atoms. The van der Waals surface area contributed by atoms with Gasteiger partial charge in [-0.3, -0.25) is 10.1 Å². The number of amides is 1. The van der Waals surface area contributed by atoms with Crippen LogP contribution < -0.4 is 5.32 Å². The van der Waals surface area contributed by atoms with Crippen molar-refractivity contribution in [2.45, 2.75) is 18.9 Å². The lowest BCUT2D eigenvalue weighted by molar-refractivity contribution is 0.103. The molecule has 0 spiro atoms. The predicted molar refractivity (Wildman–Crippen MR) is 95.5 cm³/mol. The van der Waals surface area contributed by atoms with Gasteiger partial charge in [0, 0.05) is 11.5 Å². The number of rotatable bonds is 4. The highest BCUT2D eigenvalue weighted by Crippen LogP contribution is 2.32. The molecular weight excluding hydrogens is 342 g/mol. The van der Waals surface area contributed by atoms with Crippen LogP contribution in [0.5, 0.6) is 0 Å². The minimum absolute atomic E-state index is 0.0274. The summed E-state index contributed by atoms with van der Waals surface area (Å²) in [5.74, 6) is -0.155. The zero-order chi connectivity index (χ0) is 16.4. The minimum atomic E-state index is -0.155. The fourth-order valence-electron chi connectivity index (χ4n) is 2.56. The molecule has 1 amide bonds. The van der Waals surface area contributed by atoms with Crippen molar-refractivity contribution < 1.29 is 9.53 Å². The Bertz CT molecular complexity index is 838. The molecule has 0 aliphatic carbocycles. The van der Waals surface area contributed by atoms with Gasteiger partial charge in [0.25, 0.3) is 5.91 Å². The van der Waals surface area contributed by atoms with Crippen LogP contribution in [0, 0.1) is 0 Å². The average molecular weight is 357 g/mol. The molecule has 1 aliphatic rings. The Labute approximate surface area is 147 Å². The Morgan fingerprint density at radius 1 is 1.12 bits per heavy atom. The molecule has 1 atom stereocenters. The summed E-state index contributed by atoms with van der Waals surface area (Å²) < 4.78 is 5.59. The van der Waals surface area contributed by atoms with Crippen molar-refractivity contribution in [2.24, 2.45) is 0 Å². The number of nitrogens with zero attached hydrogens (tertiary/aromatic N) is 2. The van der Waals surface area contributed by atoms with Crippen molar-refractivity contribution in [2.75, 3.05) is 11.9 Å². The lowest BCUT2D eigenvalue weighted by Crippen LogP contribution is -2.09. The molecule has 3 aromatic rings. The zero-order valence-electron chi connectivity index (χ0n) is 12.8. The summed E-state index contributed by atoms with van der Waals surface area (Å²) in [6.45, 7) is 0.767. The van der Waals surface area contributed by atoms with Gasteiger partial charge in [-0.15, -0.1) is 21.5 Å². The maximum absolute atomic E-state index is 12.4. The van der Waals surface area contributed by atoms with E-state index in [0.29, 0.717) is 10.0 Å². The number of hydrogen-bond donors (Lipinski definition) is 1. The van der Waals surface area contributed by atoms with Crippen molar-refractivity contribution in [3.63, 3.8) is 0 Å². The monoisotopic (exact) mass is 357 g/mol. The molecule has 7 heteroatoms. The second-order valence-corrected chi connectivity index (χ2v) is 7.52. The van der Waals surface area contributed by atoms with Crippen LogP contribution in [0.15, 0.2) is 42.5 Å². The van der Waals surface area contributed by atoms with Crippen molar-refractivity contribution in [1.82, 2.24) is 10.2 Å². The maximum atomic E-state index is 12.4. The first-order chi connectivity index (χ1) is 11.8. The lowest BCUT2D eigenvalue weighted by Gasteiger charge is -2.02. The minimum Gasteiger partial charge on any atom is -0.371 e. The largest absolute Gasteiger partial charge is 0.371 e. The van der Waals surface area contributed by atoms with E-state index >= 15 is 0 Å². The third-order valence-corrected chi connectivity index (χ3v) is 5.82. The van der Waals surface area contributed by atoms with E-state index in [1.807, 2.05) is 42.5 Å². The first-order valence-electron chi connectivity index (χ1n) is 7.71. The molecule has 2 aromatic heterocycles. The van der Waals surface area contributed by atoms with Crippen LogP contribution in [0.1, 0.15) is 33.6 Å². The number of hydrogen-bond acceptors (Lipinski definition) is 6. The van der Waals surface area contributed by atoms with Crippen LogP contribution in [0.2, 0.25) is 0 Å². The molecule has 1 aliphatic heterocycles. The normalized spacial score (nSPS) is 17.1. The summed E-state index contributed by atoms with van der Waals surface area (Å²) in [7, 11) is 0. The van der Waals surface area contributed by atoms with E-state index in [-0.39, 0.29) is 12.0 Å². The van der Waals surface area contributed by atoms with E-state index in [0.717, 1.165) is 34.9 Å². The quantitative estimate of drug-likeness (QED) is 0.753. The molecule has 24 heavy (non-hydrogen) atoms. The van der Waals surface area contributed by atoms with Gasteiger partial charge in [0.05, 0.1) is 4.88 Å². The van der Waals surface area contributed by atoms with E-state index in [1.165, 1.54) is 22.7 Å². The van der Waals surface area contributed by atoms with Crippen molar-refractivity contribution in [1.29, 1.82) is 0 Å². The van der Waals surface area contributed by atoms with E-state index in [9.17, 15) is 4.79 Å². The number of nitrogens with one attached hydrogen (secondary N) is 1. The third kappa shape index (κ3) is 3.24. The summed E-state index contributed by atoms with van der Waals surface area (Å²) in [5.41, 5.74) is 1.11. The highest BCUT2D eigenvalue weighted by molar-refractivity contribution is 7.18. The number of carbonyl (C=O) groups excluding carboxylic acids is 1. The van der Waals surface area contributed by atoms with Gasteiger partial charge in [0.15, 0.2) is 0 Å². The summed E-state index contributed by atoms with van der Waals surface area (Å²) in [6, 6.07) is 13.8. The molecule has 1 fully saturated rings. The van der Waals surface area contributed by atoms with E-state index < -0.39 is 0 Å².